The Morgan fingerprint density at radius 1 is 1.32 bits per heavy atom. The molecule has 2 heterocycles. The van der Waals surface area contributed by atoms with Crippen LogP contribution in [0.25, 0.3) is 0 Å². The van der Waals surface area contributed by atoms with Crippen molar-refractivity contribution in [3.8, 4) is 0 Å². The van der Waals surface area contributed by atoms with E-state index in [9.17, 15) is 9.18 Å². The van der Waals surface area contributed by atoms with Gasteiger partial charge in [0.25, 0.3) is 0 Å². The number of rotatable bonds is 5. The second-order valence-electron chi connectivity index (χ2n) is 7.97. The first-order valence-electron chi connectivity index (χ1n) is 9.26. The lowest BCUT2D eigenvalue weighted by molar-refractivity contribution is -0.135. The number of halogens is 1. The van der Waals surface area contributed by atoms with Crippen LogP contribution in [-0.2, 0) is 16.0 Å². The monoisotopic (exact) mass is 348 g/mol. The van der Waals surface area contributed by atoms with Crippen LogP contribution in [0.15, 0.2) is 24.3 Å². The Morgan fingerprint density at radius 3 is 2.72 bits per heavy atom. The molecule has 0 spiro atoms. The number of nitrogens with zero attached hydrogens (tertiary/aromatic N) is 1. The summed E-state index contributed by atoms with van der Waals surface area (Å²) in [6, 6.07) is 6.63. The van der Waals surface area contributed by atoms with E-state index in [-0.39, 0.29) is 17.3 Å². The smallest absolute Gasteiger partial charge is 0.226 e. The zero-order valence-electron chi connectivity index (χ0n) is 15.3. The zero-order valence-corrected chi connectivity index (χ0v) is 15.3. The third-order valence-electron chi connectivity index (χ3n) is 5.78. The average Bonchev–Trinajstić information content (AvgIpc) is 3.02. The highest BCUT2D eigenvalue weighted by molar-refractivity contribution is 5.83. The van der Waals surface area contributed by atoms with Gasteiger partial charge in [-0.25, -0.2) is 4.39 Å². The minimum absolute atomic E-state index is 0.0848. The van der Waals surface area contributed by atoms with Gasteiger partial charge in [-0.05, 0) is 76.9 Å². The maximum atomic E-state index is 13.6. The number of carbonyl (C=O) groups is 1. The van der Waals surface area contributed by atoms with E-state index >= 15 is 0 Å². The van der Waals surface area contributed by atoms with Gasteiger partial charge in [0.1, 0.15) is 5.82 Å². The predicted octanol–water partition coefficient (Wildman–Crippen LogP) is 2.77. The molecule has 0 saturated carbocycles. The molecule has 4 nitrogen and oxygen atoms in total. The number of piperidine rings is 1. The summed E-state index contributed by atoms with van der Waals surface area (Å²) < 4.78 is 19.4. The van der Waals surface area contributed by atoms with Gasteiger partial charge < -0.3 is 15.0 Å². The molecule has 25 heavy (non-hydrogen) atoms. The second-order valence-corrected chi connectivity index (χ2v) is 7.97. The molecule has 0 aliphatic carbocycles. The third-order valence-corrected chi connectivity index (χ3v) is 5.78. The molecule has 1 atom stereocenters. The Morgan fingerprint density at radius 2 is 2.08 bits per heavy atom. The van der Waals surface area contributed by atoms with E-state index in [1.165, 1.54) is 6.07 Å². The lowest BCUT2D eigenvalue weighted by atomic mass is 9.73. The van der Waals surface area contributed by atoms with Crippen molar-refractivity contribution in [2.24, 2.45) is 5.41 Å². The number of ether oxygens (including phenoxy) is 1. The average molecular weight is 348 g/mol. The van der Waals surface area contributed by atoms with E-state index in [1.54, 1.807) is 12.1 Å². The first-order valence-corrected chi connectivity index (χ1v) is 9.26. The van der Waals surface area contributed by atoms with Crippen molar-refractivity contribution >= 4 is 5.91 Å². The van der Waals surface area contributed by atoms with Crippen LogP contribution in [0.2, 0.25) is 0 Å². The van der Waals surface area contributed by atoms with Crippen molar-refractivity contribution in [3.63, 3.8) is 0 Å². The van der Waals surface area contributed by atoms with Crippen LogP contribution in [0.3, 0.4) is 0 Å². The zero-order chi connectivity index (χ0) is 17.9. The van der Waals surface area contributed by atoms with Crippen molar-refractivity contribution in [1.29, 1.82) is 0 Å². The SMILES string of the molecule is CN1CCC(Cc2cccc(F)c2)(C(=O)NC[C@]2(C)CCCO2)CC1. The second kappa shape index (κ2) is 7.42. The van der Waals surface area contributed by atoms with E-state index in [1.807, 2.05) is 6.07 Å². The number of hydrogen-bond donors (Lipinski definition) is 1. The molecule has 1 aromatic carbocycles. The van der Waals surface area contributed by atoms with E-state index in [0.29, 0.717) is 13.0 Å². The predicted molar refractivity (Wildman–Crippen MR) is 95.9 cm³/mol. The fourth-order valence-electron chi connectivity index (χ4n) is 4.00. The van der Waals surface area contributed by atoms with Gasteiger partial charge in [0.15, 0.2) is 0 Å². The molecule has 2 aliphatic rings. The summed E-state index contributed by atoms with van der Waals surface area (Å²) in [6.45, 7) is 5.15. The summed E-state index contributed by atoms with van der Waals surface area (Å²) in [5, 5.41) is 3.15. The molecule has 0 aromatic heterocycles. The first-order chi connectivity index (χ1) is 11.9. The molecule has 1 N–H and O–H groups in total. The maximum absolute atomic E-state index is 13.6. The fourth-order valence-corrected chi connectivity index (χ4v) is 4.00. The normalized spacial score (nSPS) is 26.5. The molecular formula is C20H29FN2O2. The van der Waals surface area contributed by atoms with Crippen molar-refractivity contribution in [2.75, 3.05) is 33.3 Å². The molecular weight excluding hydrogens is 319 g/mol. The molecule has 0 radical (unpaired) electrons. The van der Waals surface area contributed by atoms with E-state index in [2.05, 4.69) is 24.2 Å². The minimum Gasteiger partial charge on any atom is -0.373 e. The lowest BCUT2D eigenvalue weighted by Crippen LogP contribution is -2.52. The minimum atomic E-state index is -0.463. The summed E-state index contributed by atoms with van der Waals surface area (Å²) in [5.41, 5.74) is 0.180. The summed E-state index contributed by atoms with van der Waals surface area (Å²) in [4.78, 5) is 15.4. The van der Waals surface area contributed by atoms with Crippen molar-refractivity contribution in [2.45, 2.75) is 44.6 Å². The molecule has 0 bridgehead atoms. The number of hydrogen-bond acceptors (Lipinski definition) is 3. The molecule has 1 amide bonds. The number of likely N-dealkylation sites (tertiary alicyclic amines) is 1. The van der Waals surface area contributed by atoms with Crippen molar-refractivity contribution in [3.05, 3.63) is 35.6 Å². The first kappa shape index (κ1) is 18.3. The van der Waals surface area contributed by atoms with Crippen LogP contribution >= 0.6 is 0 Å². The van der Waals surface area contributed by atoms with Gasteiger partial charge in [-0.2, -0.15) is 0 Å². The molecule has 2 saturated heterocycles. The van der Waals surface area contributed by atoms with Crippen LogP contribution in [0, 0.1) is 11.2 Å². The summed E-state index contributed by atoms with van der Waals surface area (Å²) in [5.74, 6) is -0.158. The number of carbonyl (C=O) groups excluding carboxylic acids is 1. The van der Waals surface area contributed by atoms with Crippen LogP contribution in [0.1, 0.15) is 38.2 Å². The Kier molecular flexibility index (Phi) is 5.44. The van der Waals surface area contributed by atoms with Gasteiger partial charge >= 0.3 is 0 Å². The van der Waals surface area contributed by atoms with E-state index < -0.39 is 5.41 Å². The number of nitrogens with one attached hydrogen (secondary N) is 1. The van der Waals surface area contributed by atoms with Gasteiger partial charge in [0.2, 0.25) is 5.91 Å². The standard InChI is InChI=1S/C20H29FN2O2/c1-19(7-4-12-25-19)15-22-18(24)20(8-10-23(2)11-9-20)14-16-5-3-6-17(21)13-16/h3,5-6,13H,4,7-12,14-15H2,1-2H3,(H,22,24)/t19-/m0/s1. The van der Waals surface area contributed by atoms with Crippen LogP contribution in [0.5, 0.6) is 0 Å². The van der Waals surface area contributed by atoms with Crippen LogP contribution in [0.4, 0.5) is 4.39 Å². The van der Waals surface area contributed by atoms with Crippen molar-refractivity contribution in [1.82, 2.24) is 10.2 Å². The van der Waals surface area contributed by atoms with Crippen LogP contribution in [-0.4, -0.2) is 49.7 Å². The van der Waals surface area contributed by atoms with E-state index in [0.717, 1.165) is 50.9 Å². The molecule has 138 valence electrons. The highest BCUT2D eigenvalue weighted by atomic mass is 19.1. The molecule has 2 aliphatic heterocycles. The van der Waals surface area contributed by atoms with Gasteiger partial charge in [-0.3, -0.25) is 4.79 Å². The third kappa shape index (κ3) is 4.39. The molecule has 1 aromatic rings. The highest BCUT2D eigenvalue weighted by Crippen LogP contribution is 2.36. The number of benzene rings is 1. The largest absolute Gasteiger partial charge is 0.373 e. The summed E-state index contributed by atoms with van der Waals surface area (Å²) in [7, 11) is 2.08. The lowest BCUT2D eigenvalue weighted by Gasteiger charge is -2.40. The number of amides is 1. The molecule has 3 rings (SSSR count). The Bertz CT molecular complexity index is 605. The Labute approximate surface area is 149 Å². The fraction of sp³-hybridized carbons (Fsp3) is 0.650. The Hall–Kier alpha value is -1.46. The van der Waals surface area contributed by atoms with Crippen LogP contribution < -0.4 is 5.32 Å². The molecule has 0 unspecified atom stereocenters. The van der Waals surface area contributed by atoms with Gasteiger partial charge in [-0.15, -0.1) is 0 Å². The van der Waals surface area contributed by atoms with Gasteiger partial charge in [0.05, 0.1) is 11.0 Å². The van der Waals surface area contributed by atoms with Gasteiger partial charge in [-0.1, -0.05) is 12.1 Å². The summed E-state index contributed by atoms with van der Waals surface area (Å²) in [6.07, 6.45) is 4.20. The topological polar surface area (TPSA) is 41.6 Å². The summed E-state index contributed by atoms with van der Waals surface area (Å²) >= 11 is 0. The van der Waals surface area contributed by atoms with Gasteiger partial charge in [0, 0.05) is 13.2 Å². The molecule has 5 heteroatoms. The quantitative estimate of drug-likeness (QED) is 0.890. The van der Waals surface area contributed by atoms with E-state index in [4.69, 9.17) is 4.74 Å². The maximum Gasteiger partial charge on any atom is 0.226 e. The Balaban J connectivity index is 1.72. The molecule has 2 fully saturated rings. The van der Waals surface area contributed by atoms with Crippen molar-refractivity contribution < 1.29 is 13.9 Å². The highest BCUT2D eigenvalue weighted by Gasteiger charge is 2.42.